The van der Waals surface area contributed by atoms with Gasteiger partial charge in [0.25, 0.3) is 5.91 Å². The summed E-state index contributed by atoms with van der Waals surface area (Å²) in [5.74, 6) is -0.288. The molecule has 4 heteroatoms. The summed E-state index contributed by atoms with van der Waals surface area (Å²) >= 11 is 0. The summed E-state index contributed by atoms with van der Waals surface area (Å²) in [6.07, 6.45) is 0. The second kappa shape index (κ2) is 5.80. The molecule has 3 aliphatic rings. The van der Waals surface area contributed by atoms with Gasteiger partial charge in [0, 0.05) is 17.4 Å². The summed E-state index contributed by atoms with van der Waals surface area (Å²) in [6.45, 7) is 0.282. The predicted octanol–water partition coefficient (Wildman–Crippen LogP) is 3.88. The van der Waals surface area contributed by atoms with Crippen molar-refractivity contribution in [3.63, 3.8) is 0 Å². The van der Waals surface area contributed by atoms with E-state index in [-0.39, 0.29) is 30.2 Å². The Bertz CT molecular complexity index is 1130. The highest BCUT2D eigenvalue weighted by molar-refractivity contribution is 6.13. The van der Waals surface area contributed by atoms with E-state index in [1.165, 1.54) is 4.90 Å². The summed E-state index contributed by atoms with van der Waals surface area (Å²) in [4.78, 5) is 28.5. The third-order valence-corrected chi connectivity index (χ3v) is 6.65. The fourth-order valence-electron chi connectivity index (χ4n) is 5.47. The number of carbonyl (C=O) groups excluding carboxylic acids is 2. The molecule has 4 unspecified atom stereocenters. The van der Waals surface area contributed by atoms with Gasteiger partial charge in [-0.2, -0.15) is 0 Å². The van der Waals surface area contributed by atoms with E-state index in [4.69, 9.17) is 4.74 Å². The fourth-order valence-corrected chi connectivity index (χ4v) is 5.47. The number of amides is 2. The van der Waals surface area contributed by atoms with Crippen molar-refractivity contribution in [1.29, 1.82) is 0 Å². The van der Waals surface area contributed by atoms with E-state index in [2.05, 4.69) is 0 Å². The maximum absolute atomic E-state index is 13.6. The van der Waals surface area contributed by atoms with Gasteiger partial charge < -0.3 is 4.74 Å². The van der Waals surface area contributed by atoms with Crippen LogP contribution in [0.25, 0.3) is 0 Å². The lowest BCUT2D eigenvalue weighted by Crippen LogP contribution is -2.62. The molecule has 3 aromatic carbocycles. The molecule has 2 heterocycles. The number of benzene rings is 3. The molecule has 29 heavy (non-hydrogen) atoms. The molecule has 0 radical (unpaired) electrons. The second-order valence-corrected chi connectivity index (χ2v) is 8.04. The molecule has 3 aromatic rings. The van der Waals surface area contributed by atoms with Gasteiger partial charge in [-0.05, 0) is 17.2 Å². The van der Waals surface area contributed by atoms with Crippen molar-refractivity contribution in [3.8, 4) is 5.75 Å². The van der Waals surface area contributed by atoms with E-state index < -0.39 is 11.5 Å². The van der Waals surface area contributed by atoms with Gasteiger partial charge in [-0.1, -0.05) is 78.9 Å². The van der Waals surface area contributed by atoms with Crippen LogP contribution < -0.4 is 4.74 Å². The van der Waals surface area contributed by atoms with Crippen LogP contribution in [0.3, 0.4) is 0 Å². The summed E-state index contributed by atoms with van der Waals surface area (Å²) in [7, 11) is 0. The first-order chi connectivity index (χ1) is 14.2. The van der Waals surface area contributed by atoms with Crippen molar-refractivity contribution in [1.82, 2.24) is 4.90 Å². The normalized spacial score (nSPS) is 29.0. The van der Waals surface area contributed by atoms with Crippen LogP contribution in [0.5, 0.6) is 5.75 Å². The molecule has 2 amide bonds. The number of hydrogen-bond acceptors (Lipinski definition) is 3. The van der Waals surface area contributed by atoms with E-state index >= 15 is 0 Å². The van der Waals surface area contributed by atoms with Crippen molar-refractivity contribution in [2.45, 2.75) is 24.0 Å². The molecule has 0 aromatic heterocycles. The number of nitrogens with zero attached hydrogens (tertiary/aromatic N) is 1. The number of para-hydroxylation sites is 1. The number of rotatable bonds is 3. The lowest BCUT2D eigenvalue weighted by Gasteiger charge is -2.49. The van der Waals surface area contributed by atoms with Crippen molar-refractivity contribution in [3.05, 3.63) is 102 Å². The van der Waals surface area contributed by atoms with Crippen molar-refractivity contribution in [2.24, 2.45) is 5.92 Å². The van der Waals surface area contributed by atoms with Gasteiger partial charge in [-0.3, -0.25) is 14.5 Å². The molecule has 2 aliphatic heterocycles. The SMILES string of the molecule is O=C1C2C(c3ccccc3)C3c4ccccc4OC23C(=O)N1Cc1ccccc1. The van der Waals surface area contributed by atoms with Crippen molar-refractivity contribution >= 4 is 11.8 Å². The van der Waals surface area contributed by atoms with Crippen LogP contribution in [0.4, 0.5) is 0 Å². The Morgan fingerprint density at radius 3 is 2.21 bits per heavy atom. The standard InChI is InChI=1S/C25H19NO3/c27-23-22-20(17-11-5-2-6-12-17)21-18-13-7-8-14-19(18)29-25(21,22)24(28)26(23)15-16-9-3-1-4-10-16/h1-14,20-22H,15H2. The molecule has 142 valence electrons. The maximum atomic E-state index is 13.6. The molecule has 0 bridgehead atoms. The van der Waals surface area contributed by atoms with Gasteiger partial charge in [-0.25, -0.2) is 0 Å². The molecule has 0 N–H and O–H groups in total. The Kier molecular flexibility index (Phi) is 3.31. The van der Waals surface area contributed by atoms with Gasteiger partial charge >= 0.3 is 0 Å². The minimum absolute atomic E-state index is 0.0583. The van der Waals surface area contributed by atoms with E-state index in [0.29, 0.717) is 0 Å². The zero-order chi connectivity index (χ0) is 19.6. The quantitative estimate of drug-likeness (QED) is 0.647. The van der Waals surface area contributed by atoms with E-state index in [1.54, 1.807) is 0 Å². The van der Waals surface area contributed by atoms with Crippen LogP contribution in [0.2, 0.25) is 0 Å². The predicted molar refractivity (Wildman–Crippen MR) is 107 cm³/mol. The minimum atomic E-state index is -1.10. The van der Waals surface area contributed by atoms with E-state index in [9.17, 15) is 9.59 Å². The highest BCUT2D eigenvalue weighted by Gasteiger charge is 2.80. The third kappa shape index (κ3) is 2.03. The summed E-state index contributed by atoms with van der Waals surface area (Å²) in [5.41, 5.74) is 1.95. The first-order valence-electron chi connectivity index (χ1n) is 9.94. The smallest absolute Gasteiger partial charge is 0.275 e. The Hall–Kier alpha value is -3.40. The van der Waals surface area contributed by atoms with Crippen molar-refractivity contribution in [2.75, 3.05) is 0 Å². The Balaban J connectivity index is 1.47. The van der Waals surface area contributed by atoms with Crippen LogP contribution in [0.15, 0.2) is 84.9 Å². The number of carbonyl (C=O) groups is 2. The van der Waals surface area contributed by atoms with Crippen LogP contribution in [-0.4, -0.2) is 22.3 Å². The number of ether oxygens (including phenoxy) is 1. The molecule has 6 rings (SSSR count). The van der Waals surface area contributed by atoms with Crippen LogP contribution in [-0.2, 0) is 16.1 Å². The number of hydrogen-bond donors (Lipinski definition) is 0. The van der Waals surface area contributed by atoms with E-state index in [0.717, 1.165) is 22.4 Å². The molecule has 1 spiro atoms. The van der Waals surface area contributed by atoms with Gasteiger partial charge in [0.05, 0.1) is 12.5 Å². The first-order valence-corrected chi connectivity index (χ1v) is 9.94. The summed E-state index contributed by atoms with van der Waals surface area (Å²) in [6, 6.07) is 27.5. The molecule has 4 atom stereocenters. The Morgan fingerprint density at radius 2 is 1.45 bits per heavy atom. The van der Waals surface area contributed by atoms with Gasteiger partial charge in [0.15, 0.2) is 0 Å². The van der Waals surface area contributed by atoms with Gasteiger partial charge in [0.1, 0.15) is 5.75 Å². The fraction of sp³-hybridized carbons (Fsp3) is 0.200. The average Bonchev–Trinajstić information content (AvgIpc) is 3.11. The average molecular weight is 381 g/mol. The monoisotopic (exact) mass is 381 g/mol. The summed E-state index contributed by atoms with van der Waals surface area (Å²) < 4.78 is 6.31. The van der Waals surface area contributed by atoms with Crippen LogP contribution in [0.1, 0.15) is 28.5 Å². The van der Waals surface area contributed by atoms with Gasteiger partial charge in [0.2, 0.25) is 11.5 Å². The molecular weight excluding hydrogens is 362 g/mol. The zero-order valence-electron chi connectivity index (χ0n) is 15.7. The molecule has 1 saturated heterocycles. The number of fused-ring (bicyclic) bond motifs is 2. The number of imide groups is 1. The minimum Gasteiger partial charge on any atom is -0.476 e. The lowest BCUT2D eigenvalue weighted by molar-refractivity contribution is -0.152. The summed E-state index contributed by atoms with van der Waals surface area (Å²) in [5, 5.41) is 0. The second-order valence-electron chi connectivity index (χ2n) is 8.04. The Labute approximate surface area is 168 Å². The molecule has 4 nitrogen and oxygen atoms in total. The molecule has 2 fully saturated rings. The van der Waals surface area contributed by atoms with Crippen molar-refractivity contribution < 1.29 is 14.3 Å². The first kappa shape index (κ1) is 16.5. The van der Waals surface area contributed by atoms with Gasteiger partial charge in [-0.15, -0.1) is 0 Å². The van der Waals surface area contributed by atoms with E-state index in [1.807, 2.05) is 84.9 Å². The maximum Gasteiger partial charge on any atom is 0.275 e. The van der Waals surface area contributed by atoms with Crippen LogP contribution in [0, 0.1) is 5.92 Å². The zero-order valence-corrected chi connectivity index (χ0v) is 15.7. The third-order valence-electron chi connectivity index (χ3n) is 6.65. The molecule has 1 aliphatic carbocycles. The molecule has 1 saturated carbocycles. The highest BCUT2D eigenvalue weighted by atomic mass is 16.5. The molecular formula is C25H19NO3. The highest BCUT2D eigenvalue weighted by Crippen LogP contribution is 2.69. The largest absolute Gasteiger partial charge is 0.476 e. The lowest BCUT2D eigenvalue weighted by atomic mass is 9.51. The van der Waals surface area contributed by atoms with Crippen LogP contribution >= 0.6 is 0 Å². The topological polar surface area (TPSA) is 46.6 Å². The number of likely N-dealkylation sites (tertiary alicyclic amines) is 1. The Morgan fingerprint density at radius 1 is 0.793 bits per heavy atom.